The molecule has 2 aromatic rings. The van der Waals surface area contributed by atoms with Gasteiger partial charge >= 0.3 is 0 Å². The molecule has 0 amide bonds. The van der Waals surface area contributed by atoms with Crippen LogP contribution in [0.5, 0.6) is 0 Å². The number of aromatic nitrogens is 1. The first-order valence-electron chi connectivity index (χ1n) is 5.46. The number of rotatable bonds is 4. The van der Waals surface area contributed by atoms with Gasteiger partial charge in [0.25, 0.3) is 10.0 Å². The topological polar surface area (TPSA) is 85.1 Å². The summed E-state index contributed by atoms with van der Waals surface area (Å²) in [5.41, 5.74) is 5.50. The summed E-state index contributed by atoms with van der Waals surface area (Å²) in [5.74, 6) is -2.70. The van der Waals surface area contributed by atoms with Gasteiger partial charge in [-0.1, -0.05) is 0 Å². The number of nitrogens with two attached hydrogens (primary N) is 1. The molecular formula is C11H11F2N3O2S2. The van der Waals surface area contributed by atoms with E-state index in [2.05, 4.69) is 9.71 Å². The van der Waals surface area contributed by atoms with Gasteiger partial charge in [0.1, 0.15) is 4.90 Å². The number of hydrogen-bond donors (Lipinski definition) is 2. The van der Waals surface area contributed by atoms with Crippen molar-refractivity contribution in [3.05, 3.63) is 40.4 Å². The zero-order valence-electron chi connectivity index (χ0n) is 10.4. The Morgan fingerprint density at radius 1 is 1.40 bits per heavy atom. The van der Waals surface area contributed by atoms with Crippen molar-refractivity contribution in [3.8, 4) is 0 Å². The summed E-state index contributed by atoms with van der Waals surface area (Å²) in [6, 6.07) is 1.86. The Hall–Kier alpha value is -1.58. The van der Waals surface area contributed by atoms with Gasteiger partial charge in [-0.3, -0.25) is 4.72 Å². The summed E-state index contributed by atoms with van der Waals surface area (Å²) in [7, 11) is -4.26. The number of nitrogens with zero attached hydrogens (tertiary/aromatic N) is 1. The highest BCUT2D eigenvalue weighted by Gasteiger charge is 2.24. The summed E-state index contributed by atoms with van der Waals surface area (Å²) in [6.07, 6.45) is 1.47. The van der Waals surface area contributed by atoms with Crippen LogP contribution in [-0.2, 0) is 16.6 Å². The van der Waals surface area contributed by atoms with Crippen LogP contribution >= 0.6 is 11.3 Å². The number of sulfonamides is 1. The zero-order chi connectivity index (χ0) is 14.9. The van der Waals surface area contributed by atoms with Gasteiger partial charge < -0.3 is 5.73 Å². The van der Waals surface area contributed by atoms with Gasteiger partial charge in [-0.15, -0.1) is 11.3 Å². The Morgan fingerprint density at radius 2 is 2.10 bits per heavy atom. The van der Waals surface area contributed by atoms with Crippen molar-refractivity contribution in [1.82, 2.24) is 4.98 Å². The Morgan fingerprint density at radius 3 is 2.65 bits per heavy atom. The van der Waals surface area contributed by atoms with Crippen LogP contribution in [0.25, 0.3) is 0 Å². The molecule has 0 radical (unpaired) electrons. The molecule has 0 aliphatic carbocycles. The highest BCUT2D eigenvalue weighted by atomic mass is 32.2. The van der Waals surface area contributed by atoms with Gasteiger partial charge in [-0.05, 0) is 24.6 Å². The monoisotopic (exact) mass is 319 g/mol. The van der Waals surface area contributed by atoms with Gasteiger partial charge in [0.05, 0.1) is 0 Å². The molecule has 2 rings (SSSR count). The number of halogens is 2. The minimum absolute atomic E-state index is 0.0838. The van der Waals surface area contributed by atoms with Crippen LogP contribution in [0.2, 0.25) is 0 Å². The molecule has 0 fully saturated rings. The third-order valence-corrected chi connectivity index (χ3v) is 4.72. The number of thiazole rings is 1. The van der Waals surface area contributed by atoms with Crippen LogP contribution in [0.15, 0.2) is 23.2 Å². The van der Waals surface area contributed by atoms with Crippen LogP contribution in [0.4, 0.5) is 13.9 Å². The fourth-order valence-electron chi connectivity index (χ4n) is 1.50. The summed E-state index contributed by atoms with van der Waals surface area (Å²) in [4.78, 5) is 3.80. The van der Waals surface area contributed by atoms with Gasteiger partial charge in [-0.25, -0.2) is 22.2 Å². The summed E-state index contributed by atoms with van der Waals surface area (Å²) >= 11 is 1.09. The maximum Gasteiger partial charge on any atom is 0.266 e. The third kappa shape index (κ3) is 2.94. The quantitative estimate of drug-likeness (QED) is 0.902. The van der Waals surface area contributed by atoms with E-state index in [0.29, 0.717) is 0 Å². The molecule has 0 saturated heterocycles. The van der Waals surface area contributed by atoms with E-state index in [0.717, 1.165) is 28.3 Å². The van der Waals surface area contributed by atoms with E-state index in [4.69, 9.17) is 5.73 Å². The van der Waals surface area contributed by atoms with E-state index in [1.165, 1.54) is 6.20 Å². The highest BCUT2D eigenvalue weighted by Crippen LogP contribution is 2.24. The van der Waals surface area contributed by atoms with Crippen LogP contribution < -0.4 is 10.5 Å². The van der Waals surface area contributed by atoms with Crippen molar-refractivity contribution in [1.29, 1.82) is 0 Å². The molecule has 1 heterocycles. The van der Waals surface area contributed by atoms with Crippen LogP contribution in [0, 0.1) is 18.6 Å². The predicted molar refractivity (Wildman–Crippen MR) is 71.9 cm³/mol. The summed E-state index contributed by atoms with van der Waals surface area (Å²) in [6.45, 7) is 1.64. The Kier molecular flexibility index (Phi) is 4.02. The molecule has 0 aliphatic heterocycles. The molecular weight excluding hydrogens is 308 g/mol. The normalized spacial score (nSPS) is 11.6. The number of anilines is 1. The molecule has 5 nitrogen and oxygen atoms in total. The molecule has 108 valence electrons. The van der Waals surface area contributed by atoms with E-state index in [1.807, 2.05) is 0 Å². The van der Waals surface area contributed by atoms with E-state index >= 15 is 0 Å². The lowest BCUT2D eigenvalue weighted by molar-refractivity contribution is 0.483. The zero-order valence-corrected chi connectivity index (χ0v) is 12.0. The average molecular weight is 319 g/mol. The maximum atomic E-state index is 13.7. The second-order valence-corrected chi connectivity index (χ2v) is 6.86. The number of nitrogens with one attached hydrogen (secondary N) is 1. The van der Waals surface area contributed by atoms with Crippen molar-refractivity contribution >= 4 is 26.5 Å². The Bertz CT molecular complexity index is 744. The lowest BCUT2D eigenvalue weighted by atomic mass is 10.2. The molecule has 0 aliphatic rings. The molecule has 1 aromatic heterocycles. The molecule has 1 aromatic carbocycles. The highest BCUT2D eigenvalue weighted by molar-refractivity contribution is 7.93. The standard InChI is InChI=1S/C11H11F2N3O2S2/c1-6-5-15-11(19-6)16-20(17,18)9-3-7(4-14)2-8(12)10(9)13/h2-3,5H,4,14H2,1H3,(H,15,16). The SMILES string of the molecule is Cc1cnc(NS(=O)(=O)c2cc(CN)cc(F)c2F)s1. The van der Waals surface area contributed by atoms with Crippen LogP contribution in [-0.4, -0.2) is 13.4 Å². The van der Waals surface area contributed by atoms with Gasteiger partial charge in [0.2, 0.25) is 0 Å². The predicted octanol–water partition coefficient (Wildman–Crippen LogP) is 1.99. The fraction of sp³-hybridized carbons (Fsp3) is 0.182. The van der Waals surface area contributed by atoms with E-state index in [9.17, 15) is 17.2 Å². The summed E-state index contributed by atoms with van der Waals surface area (Å²) < 4.78 is 53.3. The Labute approximate surface area is 118 Å². The van der Waals surface area contributed by atoms with Crippen molar-refractivity contribution < 1.29 is 17.2 Å². The van der Waals surface area contributed by atoms with Gasteiger partial charge in [0.15, 0.2) is 16.8 Å². The first-order chi connectivity index (χ1) is 9.33. The number of benzene rings is 1. The lowest BCUT2D eigenvalue weighted by Crippen LogP contribution is -2.16. The molecule has 3 N–H and O–H groups in total. The minimum atomic E-state index is -4.26. The molecule has 0 unspecified atom stereocenters. The third-order valence-electron chi connectivity index (χ3n) is 2.42. The fourth-order valence-corrected chi connectivity index (χ4v) is 3.55. The van der Waals surface area contributed by atoms with E-state index < -0.39 is 26.6 Å². The smallest absolute Gasteiger partial charge is 0.266 e. The lowest BCUT2D eigenvalue weighted by Gasteiger charge is -2.08. The number of aryl methyl sites for hydroxylation is 1. The van der Waals surface area contributed by atoms with Crippen LogP contribution in [0.1, 0.15) is 10.4 Å². The van der Waals surface area contributed by atoms with Crippen molar-refractivity contribution in [3.63, 3.8) is 0 Å². The summed E-state index contributed by atoms with van der Waals surface area (Å²) in [5, 5.41) is 0.0838. The van der Waals surface area contributed by atoms with E-state index in [-0.39, 0.29) is 17.2 Å². The minimum Gasteiger partial charge on any atom is -0.326 e. The maximum absolute atomic E-state index is 13.7. The van der Waals surface area contributed by atoms with Crippen molar-refractivity contribution in [2.45, 2.75) is 18.4 Å². The molecule has 0 bridgehead atoms. The van der Waals surface area contributed by atoms with Gasteiger partial charge in [0, 0.05) is 17.6 Å². The number of hydrogen-bond acceptors (Lipinski definition) is 5. The van der Waals surface area contributed by atoms with E-state index in [1.54, 1.807) is 6.92 Å². The first kappa shape index (κ1) is 14.8. The first-order valence-corrected chi connectivity index (χ1v) is 7.76. The van der Waals surface area contributed by atoms with Crippen molar-refractivity contribution in [2.75, 3.05) is 4.72 Å². The van der Waals surface area contributed by atoms with Crippen LogP contribution in [0.3, 0.4) is 0 Å². The average Bonchev–Trinajstić information content (AvgIpc) is 2.76. The second-order valence-electron chi connectivity index (χ2n) is 3.98. The Balaban J connectivity index is 2.46. The van der Waals surface area contributed by atoms with Gasteiger partial charge in [-0.2, -0.15) is 0 Å². The largest absolute Gasteiger partial charge is 0.326 e. The molecule has 0 spiro atoms. The van der Waals surface area contributed by atoms with Crippen molar-refractivity contribution in [2.24, 2.45) is 5.73 Å². The second kappa shape index (κ2) is 5.43. The molecule has 9 heteroatoms. The molecule has 0 atom stereocenters. The molecule has 20 heavy (non-hydrogen) atoms. The molecule has 0 saturated carbocycles.